The van der Waals surface area contributed by atoms with Gasteiger partial charge in [-0.05, 0) is 64.7 Å². The number of nitrogens with one attached hydrogen (secondary N) is 1. The van der Waals surface area contributed by atoms with Gasteiger partial charge in [-0.25, -0.2) is 8.78 Å². The molecule has 4 nitrogen and oxygen atoms in total. The number of carboxylic acids is 1. The highest BCUT2D eigenvalue weighted by atomic mass is 32.2. The third-order valence-corrected chi connectivity index (χ3v) is 6.08. The molecule has 0 aliphatic rings. The van der Waals surface area contributed by atoms with E-state index in [0.717, 1.165) is 6.07 Å². The highest BCUT2D eigenvalue weighted by molar-refractivity contribution is 7.90. The van der Waals surface area contributed by atoms with Crippen molar-refractivity contribution < 1.29 is 23.2 Å². The Morgan fingerprint density at radius 1 is 1.20 bits per heavy atom. The summed E-state index contributed by atoms with van der Waals surface area (Å²) in [6.45, 7) is 10.3. The Bertz CT molecular complexity index is 597. The van der Waals surface area contributed by atoms with E-state index in [4.69, 9.17) is 0 Å². The minimum atomic E-state index is -1.48. The molecule has 1 rings (SSSR count). The zero-order valence-electron chi connectivity index (χ0n) is 15.5. The molecule has 142 valence electrons. The first-order valence-corrected chi connectivity index (χ1v) is 9.27. The van der Waals surface area contributed by atoms with E-state index in [2.05, 4.69) is 4.72 Å². The average Bonchev–Trinajstić information content (AvgIpc) is 2.43. The zero-order valence-corrected chi connectivity index (χ0v) is 16.3. The van der Waals surface area contributed by atoms with Gasteiger partial charge in [0, 0.05) is 17.4 Å². The van der Waals surface area contributed by atoms with Gasteiger partial charge in [0.25, 0.3) is 0 Å². The minimum absolute atomic E-state index is 0.268. The second kappa shape index (κ2) is 8.01. The lowest BCUT2D eigenvalue weighted by Gasteiger charge is -2.33. The predicted molar refractivity (Wildman–Crippen MR) is 95.3 cm³/mol. The fourth-order valence-electron chi connectivity index (χ4n) is 2.19. The lowest BCUT2D eigenvalue weighted by Crippen LogP contribution is -2.43. The summed E-state index contributed by atoms with van der Waals surface area (Å²) in [6, 6.07) is 2.49. The van der Waals surface area contributed by atoms with Crippen molar-refractivity contribution in [3.8, 4) is 0 Å². The first kappa shape index (κ1) is 21.9. The molecule has 0 saturated carbocycles. The molecule has 2 N–H and O–H groups in total. The van der Waals surface area contributed by atoms with Crippen LogP contribution in [0.3, 0.4) is 0 Å². The molecule has 0 aliphatic carbocycles. The van der Waals surface area contributed by atoms with Crippen molar-refractivity contribution in [2.24, 2.45) is 11.3 Å². The molecular formula is C18H27F2NO3S. The fourth-order valence-corrected chi connectivity index (χ4v) is 3.04. The van der Waals surface area contributed by atoms with Crippen LogP contribution in [0.15, 0.2) is 18.2 Å². The van der Waals surface area contributed by atoms with Crippen LogP contribution in [-0.2, 0) is 16.2 Å². The standard InChI is InChI=1S/C18H27F2NO3S/c1-11(18(5,6)16(22)23)7-15(21-25(24)17(2,3)4)12-8-13(19)10-14(20)9-12/h8-11,15,21H,7H2,1-6H3,(H,22,23)/t11?,15-,25?/m0/s1. The Morgan fingerprint density at radius 2 is 1.68 bits per heavy atom. The minimum Gasteiger partial charge on any atom is -0.598 e. The molecule has 1 aromatic carbocycles. The molecule has 25 heavy (non-hydrogen) atoms. The van der Waals surface area contributed by atoms with Crippen molar-refractivity contribution in [3.05, 3.63) is 35.4 Å². The normalized spacial score (nSPS) is 16.4. The summed E-state index contributed by atoms with van der Waals surface area (Å²) < 4.78 is 42.1. The number of halogens is 2. The van der Waals surface area contributed by atoms with Gasteiger partial charge in [0.15, 0.2) is 0 Å². The van der Waals surface area contributed by atoms with Crippen molar-refractivity contribution >= 4 is 17.3 Å². The fraction of sp³-hybridized carbons (Fsp3) is 0.611. The summed E-state index contributed by atoms with van der Waals surface area (Å²) in [4.78, 5) is 11.5. The van der Waals surface area contributed by atoms with Crippen molar-refractivity contribution in [2.75, 3.05) is 0 Å². The number of hydrogen-bond donors (Lipinski definition) is 2. The first-order chi connectivity index (χ1) is 11.2. The summed E-state index contributed by atoms with van der Waals surface area (Å²) >= 11 is -1.48. The molecule has 0 aliphatic heterocycles. The van der Waals surface area contributed by atoms with E-state index in [0.29, 0.717) is 5.56 Å². The van der Waals surface area contributed by atoms with Gasteiger partial charge in [0.1, 0.15) is 16.4 Å². The van der Waals surface area contributed by atoms with Crippen molar-refractivity contribution in [1.29, 1.82) is 0 Å². The molecular weight excluding hydrogens is 348 g/mol. The number of aliphatic carboxylic acids is 1. The quantitative estimate of drug-likeness (QED) is 0.701. The topological polar surface area (TPSA) is 72.4 Å². The van der Waals surface area contributed by atoms with Gasteiger partial charge in [0.2, 0.25) is 0 Å². The molecule has 0 fully saturated rings. The molecule has 0 bridgehead atoms. The van der Waals surface area contributed by atoms with Crippen LogP contribution in [0.2, 0.25) is 0 Å². The summed E-state index contributed by atoms with van der Waals surface area (Å²) in [5.74, 6) is -2.74. The molecule has 1 aromatic rings. The van der Waals surface area contributed by atoms with E-state index in [1.54, 1.807) is 41.5 Å². The third-order valence-electron chi connectivity index (χ3n) is 4.47. The Balaban J connectivity index is 3.17. The Hall–Kier alpha value is -1.18. The van der Waals surface area contributed by atoms with Crippen LogP contribution >= 0.6 is 0 Å². The smallest absolute Gasteiger partial charge is 0.309 e. The van der Waals surface area contributed by atoms with Gasteiger partial charge < -0.3 is 9.66 Å². The summed E-state index contributed by atoms with van der Waals surface area (Å²) in [7, 11) is 0. The van der Waals surface area contributed by atoms with E-state index in [1.165, 1.54) is 12.1 Å². The first-order valence-electron chi connectivity index (χ1n) is 8.12. The number of rotatable bonds is 7. The Morgan fingerprint density at radius 3 is 2.08 bits per heavy atom. The van der Waals surface area contributed by atoms with E-state index in [1.807, 2.05) is 0 Å². The molecule has 0 amide bonds. The second-order valence-corrected chi connectivity index (χ2v) is 9.92. The van der Waals surface area contributed by atoms with Gasteiger partial charge in [-0.1, -0.05) is 6.92 Å². The maximum absolute atomic E-state index is 13.6. The number of carbonyl (C=O) groups is 1. The number of hydrogen-bond acceptors (Lipinski definition) is 3. The van der Waals surface area contributed by atoms with Gasteiger partial charge >= 0.3 is 5.97 Å². The Labute approximate surface area is 151 Å². The highest BCUT2D eigenvalue weighted by Crippen LogP contribution is 2.35. The van der Waals surface area contributed by atoms with Gasteiger partial charge in [0.05, 0.1) is 11.5 Å². The summed E-state index contributed by atoms with van der Waals surface area (Å²) in [5, 5.41) is 9.39. The lowest BCUT2D eigenvalue weighted by atomic mass is 9.76. The molecule has 7 heteroatoms. The monoisotopic (exact) mass is 375 g/mol. The van der Waals surface area contributed by atoms with E-state index >= 15 is 0 Å². The van der Waals surface area contributed by atoms with Gasteiger partial charge in [-0.15, -0.1) is 4.72 Å². The summed E-state index contributed by atoms with van der Waals surface area (Å²) in [6.07, 6.45) is 0.268. The maximum atomic E-state index is 13.6. The van der Waals surface area contributed by atoms with E-state index in [9.17, 15) is 23.2 Å². The van der Waals surface area contributed by atoms with E-state index < -0.39 is 45.2 Å². The van der Waals surface area contributed by atoms with Crippen molar-refractivity contribution in [1.82, 2.24) is 4.72 Å². The van der Waals surface area contributed by atoms with Crippen LogP contribution in [-0.4, -0.2) is 20.4 Å². The number of carboxylic acid groups (broad SMARTS) is 1. The van der Waals surface area contributed by atoms with Crippen LogP contribution < -0.4 is 4.72 Å². The predicted octanol–water partition coefficient (Wildman–Crippen LogP) is 4.19. The highest BCUT2D eigenvalue weighted by Gasteiger charge is 2.37. The Kier molecular flexibility index (Phi) is 7.01. The SMILES string of the molecule is CC(C[C@H](N[S+]([O-])C(C)(C)C)c1cc(F)cc(F)c1)C(C)(C)C(=O)O. The van der Waals surface area contributed by atoms with Gasteiger partial charge in [-0.3, -0.25) is 4.79 Å². The third kappa shape index (κ3) is 5.94. The number of benzene rings is 1. The van der Waals surface area contributed by atoms with E-state index in [-0.39, 0.29) is 12.3 Å². The second-order valence-electron chi connectivity index (χ2n) is 7.92. The van der Waals surface area contributed by atoms with Crippen molar-refractivity contribution in [3.63, 3.8) is 0 Å². The van der Waals surface area contributed by atoms with Crippen LogP contribution in [0.1, 0.15) is 59.6 Å². The van der Waals surface area contributed by atoms with Crippen molar-refractivity contribution in [2.45, 2.75) is 58.8 Å². The molecule has 0 saturated heterocycles. The van der Waals surface area contributed by atoms with Crippen LogP contribution in [0.4, 0.5) is 8.78 Å². The largest absolute Gasteiger partial charge is 0.598 e. The lowest BCUT2D eigenvalue weighted by molar-refractivity contribution is -0.150. The molecule has 0 radical (unpaired) electrons. The maximum Gasteiger partial charge on any atom is 0.309 e. The van der Waals surface area contributed by atoms with Crippen LogP contribution in [0.5, 0.6) is 0 Å². The molecule has 0 aromatic heterocycles. The zero-order chi connectivity index (χ0) is 19.6. The van der Waals surface area contributed by atoms with Crippen LogP contribution in [0.25, 0.3) is 0 Å². The molecule has 0 heterocycles. The summed E-state index contributed by atoms with van der Waals surface area (Å²) in [5.41, 5.74) is -0.724. The molecule has 2 unspecified atom stereocenters. The molecule has 3 atom stereocenters. The van der Waals surface area contributed by atoms with Gasteiger partial charge in [-0.2, -0.15) is 0 Å². The van der Waals surface area contributed by atoms with Crippen LogP contribution in [0, 0.1) is 23.0 Å². The average molecular weight is 375 g/mol. The molecule has 0 spiro atoms.